The number of unbranched alkanes of at least 4 members (excludes halogenated alkanes) is 2. The Kier molecular flexibility index (Phi) is 5.80. The molecule has 2 N–H and O–H groups in total. The molecule has 0 spiro atoms. The maximum atomic E-state index is 12.4. The van der Waals surface area contributed by atoms with Crippen LogP contribution < -0.4 is 5.32 Å². The van der Waals surface area contributed by atoms with Gasteiger partial charge in [-0.1, -0.05) is 24.6 Å². The van der Waals surface area contributed by atoms with E-state index in [1.54, 1.807) is 10.9 Å². The first-order valence-electron chi connectivity index (χ1n) is 8.97. The van der Waals surface area contributed by atoms with Crippen LogP contribution in [0.3, 0.4) is 0 Å². The fourth-order valence-corrected chi connectivity index (χ4v) is 2.91. The van der Waals surface area contributed by atoms with Crippen molar-refractivity contribution in [2.75, 3.05) is 6.54 Å². The summed E-state index contributed by atoms with van der Waals surface area (Å²) < 4.78 is 1.66. The predicted octanol–water partition coefficient (Wildman–Crippen LogP) is 3.10. The highest BCUT2D eigenvalue weighted by molar-refractivity contribution is 5.95. The van der Waals surface area contributed by atoms with Crippen LogP contribution in [0, 0.1) is 6.92 Å². The Hall–Kier alpha value is -3.22. The third-order valence-corrected chi connectivity index (χ3v) is 4.41. The molecule has 0 saturated carbocycles. The van der Waals surface area contributed by atoms with Crippen LogP contribution in [-0.4, -0.2) is 38.3 Å². The molecule has 1 aromatic carbocycles. The van der Waals surface area contributed by atoms with E-state index in [1.165, 1.54) is 0 Å². The van der Waals surface area contributed by atoms with Crippen molar-refractivity contribution >= 4 is 22.8 Å². The fourth-order valence-electron chi connectivity index (χ4n) is 2.91. The number of carbonyl (C=O) groups excluding carboxylic acids is 1. The van der Waals surface area contributed by atoms with Crippen LogP contribution in [0.1, 0.15) is 41.7 Å². The lowest BCUT2D eigenvalue weighted by molar-refractivity contribution is -0.137. The van der Waals surface area contributed by atoms with Crippen LogP contribution in [-0.2, 0) is 4.79 Å². The number of aliphatic carboxylic acids is 1. The minimum atomic E-state index is -0.788. The van der Waals surface area contributed by atoms with Gasteiger partial charge in [0.05, 0.1) is 23.0 Å². The number of pyridine rings is 1. The van der Waals surface area contributed by atoms with Crippen LogP contribution in [0.15, 0.2) is 42.6 Å². The van der Waals surface area contributed by atoms with Gasteiger partial charge in [0.15, 0.2) is 5.82 Å². The first-order chi connectivity index (χ1) is 13.1. The van der Waals surface area contributed by atoms with Gasteiger partial charge in [0.1, 0.15) is 0 Å². The number of benzene rings is 1. The predicted molar refractivity (Wildman–Crippen MR) is 102 cm³/mol. The topological polar surface area (TPSA) is 97.1 Å². The zero-order chi connectivity index (χ0) is 19.2. The molecule has 140 valence electrons. The smallest absolute Gasteiger partial charge is 0.303 e. The van der Waals surface area contributed by atoms with Crippen molar-refractivity contribution in [3.8, 4) is 5.82 Å². The molecule has 0 atom stereocenters. The third kappa shape index (κ3) is 4.49. The van der Waals surface area contributed by atoms with Crippen molar-refractivity contribution in [2.24, 2.45) is 0 Å². The Morgan fingerprint density at radius 2 is 1.93 bits per heavy atom. The molecule has 0 aliphatic heterocycles. The monoisotopic (exact) mass is 366 g/mol. The number of nitrogens with one attached hydrogen (secondary N) is 1. The van der Waals surface area contributed by atoms with Gasteiger partial charge in [0.2, 0.25) is 0 Å². The van der Waals surface area contributed by atoms with Crippen LogP contribution in [0.4, 0.5) is 0 Å². The zero-order valence-electron chi connectivity index (χ0n) is 15.2. The van der Waals surface area contributed by atoms with Crippen molar-refractivity contribution in [3.63, 3.8) is 0 Å². The number of rotatable bonds is 8. The summed E-state index contributed by atoms with van der Waals surface area (Å²) in [6.45, 7) is 2.35. The van der Waals surface area contributed by atoms with Gasteiger partial charge in [-0.15, -0.1) is 0 Å². The lowest BCUT2D eigenvalue weighted by Crippen LogP contribution is -2.25. The minimum absolute atomic E-state index is 0.165. The molecule has 27 heavy (non-hydrogen) atoms. The molecule has 0 aliphatic carbocycles. The highest BCUT2D eigenvalue weighted by atomic mass is 16.4. The average molecular weight is 366 g/mol. The van der Waals surface area contributed by atoms with E-state index in [-0.39, 0.29) is 12.3 Å². The second-order valence-corrected chi connectivity index (χ2v) is 6.38. The third-order valence-electron chi connectivity index (χ3n) is 4.41. The maximum Gasteiger partial charge on any atom is 0.303 e. The van der Waals surface area contributed by atoms with Gasteiger partial charge in [0, 0.05) is 18.4 Å². The lowest BCUT2D eigenvalue weighted by atomic mass is 10.2. The van der Waals surface area contributed by atoms with Gasteiger partial charge < -0.3 is 10.4 Å². The number of nitrogens with zero attached hydrogens (tertiary/aromatic N) is 3. The molecule has 0 radical (unpaired) electrons. The molecule has 2 aromatic heterocycles. The number of para-hydroxylation sites is 1. The van der Waals surface area contributed by atoms with E-state index in [1.807, 2.05) is 43.3 Å². The first kappa shape index (κ1) is 18.6. The molecular formula is C20H22N4O3. The summed E-state index contributed by atoms with van der Waals surface area (Å²) in [6.07, 6.45) is 3.85. The average Bonchev–Trinajstić information content (AvgIpc) is 3.05. The van der Waals surface area contributed by atoms with E-state index < -0.39 is 5.97 Å². The van der Waals surface area contributed by atoms with Gasteiger partial charge >= 0.3 is 5.97 Å². The van der Waals surface area contributed by atoms with Crippen molar-refractivity contribution in [1.29, 1.82) is 0 Å². The van der Waals surface area contributed by atoms with Crippen LogP contribution in [0.5, 0.6) is 0 Å². The van der Waals surface area contributed by atoms with Gasteiger partial charge in [-0.25, -0.2) is 9.67 Å². The van der Waals surface area contributed by atoms with Crippen LogP contribution in [0.25, 0.3) is 16.7 Å². The Bertz CT molecular complexity index is 965. The molecule has 7 nitrogen and oxygen atoms in total. The second-order valence-electron chi connectivity index (χ2n) is 6.38. The Morgan fingerprint density at radius 1 is 1.11 bits per heavy atom. The molecule has 0 aliphatic rings. The largest absolute Gasteiger partial charge is 0.481 e. The van der Waals surface area contributed by atoms with E-state index >= 15 is 0 Å². The Labute approximate surface area is 157 Å². The van der Waals surface area contributed by atoms with Crippen LogP contribution >= 0.6 is 0 Å². The number of carboxylic acids is 1. The van der Waals surface area contributed by atoms with Gasteiger partial charge in [-0.3, -0.25) is 9.59 Å². The SMILES string of the molecule is Cc1c(C(=O)NCCCCCC(=O)O)cnn1-c1ccc2ccccc2n1. The van der Waals surface area contributed by atoms with E-state index in [0.29, 0.717) is 24.3 Å². The maximum absolute atomic E-state index is 12.4. The summed E-state index contributed by atoms with van der Waals surface area (Å²) in [5.41, 5.74) is 2.11. The quantitative estimate of drug-likeness (QED) is 0.597. The highest BCUT2D eigenvalue weighted by Gasteiger charge is 2.15. The number of aromatic nitrogens is 3. The molecule has 2 heterocycles. The van der Waals surface area contributed by atoms with E-state index in [9.17, 15) is 9.59 Å². The number of amides is 1. The van der Waals surface area contributed by atoms with Crippen molar-refractivity contribution in [3.05, 3.63) is 53.9 Å². The van der Waals surface area contributed by atoms with Crippen molar-refractivity contribution in [1.82, 2.24) is 20.1 Å². The number of hydrogen-bond acceptors (Lipinski definition) is 4. The summed E-state index contributed by atoms with van der Waals surface area (Å²) in [5, 5.41) is 16.8. The van der Waals surface area contributed by atoms with Crippen LogP contribution in [0.2, 0.25) is 0 Å². The van der Waals surface area contributed by atoms with E-state index in [0.717, 1.165) is 29.4 Å². The molecule has 7 heteroatoms. The Morgan fingerprint density at radius 3 is 2.74 bits per heavy atom. The minimum Gasteiger partial charge on any atom is -0.481 e. The summed E-state index contributed by atoms with van der Waals surface area (Å²) in [6, 6.07) is 11.7. The standard InChI is InChI=1S/C20H22N4O3/c1-14-16(20(27)21-12-6-2-3-9-19(25)26)13-22-24(14)18-11-10-15-7-4-5-8-17(15)23-18/h4-5,7-8,10-11,13H,2-3,6,9,12H2,1H3,(H,21,27)(H,25,26). The number of carbonyl (C=O) groups is 2. The zero-order valence-corrected chi connectivity index (χ0v) is 15.2. The molecule has 0 bridgehead atoms. The fraction of sp³-hybridized carbons (Fsp3) is 0.300. The van der Waals surface area contributed by atoms with E-state index in [2.05, 4.69) is 15.4 Å². The molecule has 1 amide bonds. The highest BCUT2D eigenvalue weighted by Crippen LogP contribution is 2.17. The molecule has 0 saturated heterocycles. The van der Waals surface area contributed by atoms with Gasteiger partial charge in [-0.05, 0) is 38.0 Å². The number of hydrogen-bond donors (Lipinski definition) is 2. The van der Waals surface area contributed by atoms with E-state index in [4.69, 9.17) is 5.11 Å². The van der Waals surface area contributed by atoms with Crippen molar-refractivity contribution < 1.29 is 14.7 Å². The molecular weight excluding hydrogens is 344 g/mol. The molecule has 0 fully saturated rings. The summed E-state index contributed by atoms with van der Waals surface area (Å²) in [7, 11) is 0. The van der Waals surface area contributed by atoms with Gasteiger partial charge in [0.25, 0.3) is 5.91 Å². The lowest BCUT2D eigenvalue weighted by Gasteiger charge is -2.07. The molecule has 3 rings (SSSR count). The number of fused-ring (bicyclic) bond motifs is 1. The Balaban J connectivity index is 1.63. The summed E-state index contributed by atoms with van der Waals surface area (Å²) in [4.78, 5) is 27.5. The first-order valence-corrected chi connectivity index (χ1v) is 8.97. The second kappa shape index (κ2) is 8.44. The normalized spacial score (nSPS) is 10.9. The van der Waals surface area contributed by atoms with Gasteiger partial charge in [-0.2, -0.15) is 5.10 Å². The summed E-state index contributed by atoms with van der Waals surface area (Å²) in [5.74, 6) is -0.305. The summed E-state index contributed by atoms with van der Waals surface area (Å²) >= 11 is 0. The van der Waals surface area contributed by atoms with Crippen molar-refractivity contribution in [2.45, 2.75) is 32.6 Å². The molecule has 3 aromatic rings. The number of carboxylic acid groups (broad SMARTS) is 1. The molecule has 0 unspecified atom stereocenters.